The van der Waals surface area contributed by atoms with E-state index in [4.69, 9.17) is 4.74 Å². The van der Waals surface area contributed by atoms with Crippen LogP contribution in [0.25, 0.3) is 0 Å². The predicted molar refractivity (Wildman–Crippen MR) is 89.5 cm³/mol. The summed E-state index contributed by atoms with van der Waals surface area (Å²) >= 11 is 0. The van der Waals surface area contributed by atoms with Gasteiger partial charge in [0.15, 0.2) is 6.61 Å². The first kappa shape index (κ1) is 19.6. The lowest BCUT2D eigenvalue weighted by molar-refractivity contribution is -0.154. The fourth-order valence-electron chi connectivity index (χ4n) is 2.87. The van der Waals surface area contributed by atoms with Gasteiger partial charge in [-0.25, -0.2) is 4.79 Å². The SMILES string of the molecule is CC[C@@H](C)NC(=O)NC(=O)COC(=O)CN1C(=O)[C@H]2CC=CC[C@H]2C1=O. The molecule has 0 aromatic rings. The Bertz CT molecular complexity index is 618. The zero-order valence-corrected chi connectivity index (χ0v) is 14.8. The third kappa shape index (κ3) is 4.68. The highest BCUT2D eigenvalue weighted by Gasteiger charge is 2.47. The molecule has 1 fully saturated rings. The highest BCUT2D eigenvalue weighted by atomic mass is 16.5. The number of esters is 1. The number of rotatable bonds is 6. The minimum atomic E-state index is -0.879. The highest BCUT2D eigenvalue weighted by molar-refractivity contribution is 6.07. The van der Waals surface area contributed by atoms with Crippen molar-refractivity contribution >= 4 is 29.7 Å². The number of urea groups is 1. The summed E-state index contributed by atoms with van der Waals surface area (Å²) in [6.07, 6.45) is 5.36. The second kappa shape index (κ2) is 8.59. The van der Waals surface area contributed by atoms with Gasteiger partial charge in [0.05, 0.1) is 11.8 Å². The van der Waals surface area contributed by atoms with Crippen molar-refractivity contribution in [2.24, 2.45) is 11.8 Å². The molecule has 1 saturated heterocycles. The minimum absolute atomic E-state index is 0.101. The molecule has 0 unspecified atom stereocenters. The van der Waals surface area contributed by atoms with E-state index in [-0.39, 0.29) is 6.04 Å². The Balaban J connectivity index is 1.77. The smallest absolute Gasteiger partial charge is 0.326 e. The molecule has 1 heterocycles. The third-order valence-electron chi connectivity index (χ3n) is 4.49. The molecular weight excluding hydrogens is 342 g/mol. The quantitative estimate of drug-likeness (QED) is 0.391. The van der Waals surface area contributed by atoms with Crippen molar-refractivity contribution in [1.82, 2.24) is 15.5 Å². The van der Waals surface area contributed by atoms with Crippen molar-refractivity contribution < 1.29 is 28.7 Å². The molecule has 0 bridgehead atoms. The molecule has 0 aromatic carbocycles. The van der Waals surface area contributed by atoms with Crippen LogP contribution in [0.15, 0.2) is 12.2 Å². The van der Waals surface area contributed by atoms with E-state index in [1.165, 1.54) is 0 Å². The Kier molecular flexibility index (Phi) is 6.48. The van der Waals surface area contributed by atoms with Gasteiger partial charge in [0, 0.05) is 6.04 Å². The van der Waals surface area contributed by atoms with Crippen molar-refractivity contribution in [3.63, 3.8) is 0 Å². The largest absolute Gasteiger partial charge is 0.454 e. The van der Waals surface area contributed by atoms with E-state index < -0.39 is 54.7 Å². The number of nitrogens with one attached hydrogen (secondary N) is 2. The molecule has 9 nitrogen and oxygen atoms in total. The van der Waals surface area contributed by atoms with Crippen molar-refractivity contribution in [2.45, 2.75) is 39.2 Å². The van der Waals surface area contributed by atoms with Crippen LogP contribution in [0, 0.1) is 11.8 Å². The van der Waals surface area contributed by atoms with Crippen LogP contribution in [-0.2, 0) is 23.9 Å². The number of likely N-dealkylation sites (tertiary alicyclic amines) is 1. The van der Waals surface area contributed by atoms with Gasteiger partial charge in [0.25, 0.3) is 5.91 Å². The second-order valence-corrected chi connectivity index (χ2v) is 6.41. The standard InChI is InChI=1S/C17H23N3O6/c1-3-10(2)18-17(25)19-13(21)9-26-14(22)8-20-15(23)11-6-4-5-7-12(11)16(20)24/h4-5,10-12H,3,6-9H2,1-2H3,(H2,18,19,21,25)/t10-,11-,12+/m1/s1. The van der Waals surface area contributed by atoms with E-state index in [0.717, 1.165) is 4.90 Å². The Morgan fingerprint density at radius 2 is 1.77 bits per heavy atom. The molecule has 26 heavy (non-hydrogen) atoms. The second-order valence-electron chi connectivity index (χ2n) is 6.41. The number of carbonyl (C=O) groups excluding carboxylic acids is 5. The van der Waals surface area contributed by atoms with Crippen LogP contribution in [0.3, 0.4) is 0 Å². The van der Waals surface area contributed by atoms with Gasteiger partial charge >= 0.3 is 12.0 Å². The van der Waals surface area contributed by atoms with Gasteiger partial charge in [-0.3, -0.25) is 29.4 Å². The summed E-state index contributed by atoms with van der Waals surface area (Å²) in [5, 5.41) is 4.56. The van der Waals surface area contributed by atoms with Crippen LogP contribution in [-0.4, -0.2) is 53.8 Å². The van der Waals surface area contributed by atoms with Crippen molar-refractivity contribution in [2.75, 3.05) is 13.2 Å². The van der Waals surface area contributed by atoms with Crippen LogP contribution in [0.1, 0.15) is 33.1 Å². The van der Waals surface area contributed by atoms with Crippen molar-refractivity contribution in [1.29, 1.82) is 0 Å². The van der Waals surface area contributed by atoms with Crippen LogP contribution >= 0.6 is 0 Å². The number of fused-ring (bicyclic) bond motifs is 1. The van der Waals surface area contributed by atoms with Crippen molar-refractivity contribution in [3.8, 4) is 0 Å². The predicted octanol–water partition coefficient (Wildman–Crippen LogP) is 0.105. The summed E-state index contributed by atoms with van der Waals surface area (Å²) in [6, 6.07) is -0.780. The summed E-state index contributed by atoms with van der Waals surface area (Å²) in [7, 11) is 0. The van der Waals surface area contributed by atoms with Gasteiger partial charge in [-0.2, -0.15) is 0 Å². The van der Waals surface area contributed by atoms with E-state index in [1.54, 1.807) is 6.92 Å². The lowest BCUT2D eigenvalue weighted by Crippen LogP contribution is -2.45. The molecule has 0 radical (unpaired) electrons. The first-order chi connectivity index (χ1) is 12.3. The number of allylic oxidation sites excluding steroid dienone is 2. The zero-order valence-electron chi connectivity index (χ0n) is 14.8. The molecule has 0 spiro atoms. The number of carbonyl (C=O) groups is 5. The molecule has 3 atom stereocenters. The van der Waals surface area contributed by atoms with Crippen LogP contribution < -0.4 is 10.6 Å². The Hall–Kier alpha value is -2.71. The number of hydrogen-bond acceptors (Lipinski definition) is 6. The van der Waals surface area contributed by atoms with Gasteiger partial charge < -0.3 is 10.1 Å². The van der Waals surface area contributed by atoms with Crippen LogP contribution in [0.5, 0.6) is 0 Å². The molecular formula is C17H23N3O6. The average molecular weight is 365 g/mol. The molecule has 0 saturated carbocycles. The van der Waals surface area contributed by atoms with E-state index in [2.05, 4.69) is 5.32 Å². The Labute approximate surface area is 151 Å². The van der Waals surface area contributed by atoms with Gasteiger partial charge in [-0.1, -0.05) is 19.1 Å². The molecule has 1 aliphatic carbocycles. The van der Waals surface area contributed by atoms with E-state index in [9.17, 15) is 24.0 Å². The summed E-state index contributed by atoms with van der Waals surface area (Å²) in [4.78, 5) is 60.3. The summed E-state index contributed by atoms with van der Waals surface area (Å²) in [5.74, 6) is -3.30. The molecule has 2 aliphatic rings. The Morgan fingerprint density at radius 1 is 1.19 bits per heavy atom. The van der Waals surface area contributed by atoms with Gasteiger partial charge in [-0.05, 0) is 26.2 Å². The summed E-state index contributed by atoms with van der Waals surface area (Å²) in [6.45, 7) is 2.46. The van der Waals surface area contributed by atoms with E-state index in [1.807, 2.05) is 24.4 Å². The van der Waals surface area contributed by atoms with E-state index in [0.29, 0.717) is 19.3 Å². The zero-order chi connectivity index (χ0) is 19.3. The van der Waals surface area contributed by atoms with Crippen molar-refractivity contribution in [3.05, 3.63) is 12.2 Å². The maximum Gasteiger partial charge on any atom is 0.326 e. The number of hydrogen-bond donors (Lipinski definition) is 2. The summed E-state index contributed by atoms with van der Waals surface area (Å²) in [5.41, 5.74) is 0. The molecule has 142 valence electrons. The molecule has 1 aliphatic heterocycles. The normalized spacial score (nSPS) is 22.6. The number of amides is 5. The van der Waals surface area contributed by atoms with E-state index >= 15 is 0 Å². The fraction of sp³-hybridized carbons (Fsp3) is 0.588. The fourth-order valence-corrected chi connectivity index (χ4v) is 2.87. The van der Waals surface area contributed by atoms with Gasteiger partial charge in [0.1, 0.15) is 6.54 Å². The maximum atomic E-state index is 12.2. The third-order valence-corrected chi connectivity index (χ3v) is 4.49. The van der Waals surface area contributed by atoms with Gasteiger partial charge in [-0.15, -0.1) is 0 Å². The molecule has 2 N–H and O–H groups in total. The number of ether oxygens (including phenoxy) is 1. The molecule has 0 aromatic heterocycles. The lowest BCUT2D eigenvalue weighted by Gasteiger charge is -2.14. The first-order valence-electron chi connectivity index (χ1n) is 8.59. The number of imide groups is 2. The average Bonchev–Trinajstić information content (AvgIpc) is 2.85. The molecule has 2 rings (SSSR count). The minimum Gasteiger partial charge on any atom is -0.454 e. The lowest BCUT2D eigenvalue weighted by atomic mass is 9.85. The monoisotopic (exact) mass is 365 g/mol. The number of nitrogens with zero attached hydrogens (tertiary/aromatic N) is 1. The van der Waals surface area contributed by atoms with Crippen LogP contribution in [0.2, 0.25) is 0 Å². The van der Waals surface area contributed by atoms with Gasteiger partial charge in [0.2, 0.25) is 11.8 Å². The topological polar surface area (TPSA) is 122 Å². The highest BCUT2D eigenvalue weighted by Crippen LogP contribution is 2.34. The summed E-state index contributed by atoms with van der Waals surface area (Å²) < 4.78 is 4.76. The van der Waals surface area contributed by atoms with Crippen LogP contribution in [0.4, 0.5) is 4.79 Å². The molecule has 5 amide bonds. The Morgan fingerprint density at radius 3 is 2.31 bits per heavy atom. The molecule has 9 heteroatoms. The maximum absolute atomic E-state index is 12.2. The first-order valence-corrected chi connectivity index (χ1v) is 8.59.